The Morgan fingerprint density at radius 2 is 2.25 bits per heavy atom. The molecule has 1 aromatic rings. The van der Waals surface area contributed by atoms with E-state index in [-0.39, 0.29) is 0 Å². The third-order valence-corrected chi connectivity index (χ3v) is 3.09. The normalized spacial score (nSPS) is 23.2. The maximum atomic E-state index is 4.46. The van der Waals surface area contributed by atoms with Crippen LogP contribution in [0.15, 0.2) is 12.3 Å². The Morgan fingerprint density at radius 3 is 2.88 bits per heavy atom. The molecule has 1 aliphatic carbocycles. The molecule has 16 heavy (non-hydrogen) atoms. The third-order valence-electron chi connectivity index (χ3n) is 3.09. The van der Waals surface area contributed by atoms with E-state index in [9.17, 15) is 0 Å². The first-order valence-electron chi connectivity index (χ1n) is 5.87. The van der Waals surface area contributed by atoms with Crippen molar-refractivity contribution in [1.82, 2.24) is 15.3 Å². The summed E-state index contributed by atoms with van der Waals surface area (Å²) < 4.78 is 0. The number of rotatable bonds is 5. The summed E-state index contributed by atoms with van der Waals surface area (Å²) >= 11 is 0. The lowest BCUT2D eigenvalue weighted by Gasteiger charge is -2.11. The molecule has 0 spiro atoms. The molecule has 0 aromatic carbocycles. The highest BCUT2D eigenvalue weighted by Crippen LogP contribution is 2.36. The Kier molecular flexibility index (Phi) is 3.39. The monoisotopic (exact) mass is 220 g/mol. The molecule has 88 valence electrons. The van der Waals surface area contributed by atoms with Crippen LogP contribution in [0.3, 0.4) is 0 Å². The average molecular weight is 220 g/mol. The lowest BCUT2D eigenvalue weighted by molar-refractivity contribution is 0.604. The molecule has 0 radical (unpaired) electrons. The van der Waals surface area contributed by atoms with Crippen LogP contribution in [0, 0.1) is 11.8 Å². The van der Waals surface area contributed by atoms with Crippen molar-refractivity contribution < 1.29 is 0 Å². The standard InChI is InChI=1S/C12H20N4/c1-9-6-10(9)7-13-8-11-4-5-14-12(15-11)16(2)3/h4-5,9-10,13H,6-8H2,1-3H3. The van der Waals surface area contributed by atoms with E-state index < -0.39 is 0 Å². The minimum atomic E-state index is 0.777. The van der Waals surface area contributed by atoms with Crippen LogP contribution in [0.4, 0.5) is 5.95 Å². The molecule has 0 amide bonds. The summed E-state index contributed by atoms with van der Waals surface area (Å²) in [5.41, 5.74) is 1.06. The van der Waals surface area contributed by atoms with E-state index >= 15 is 0 Å². The van der Waals surface area contributed by atoms with Gasteiger partial charge in [0.05, 0.1) is 5.69 Å². The molecule has 0 saturated heterocycles. The molecule has 1 aliphatic rings. The Labute approximate surface area is 97.1 Å². The molecule has 1 saturated carbocycles. The van der Waals surface area contributed by atoms with Gasteiger partial charge < -0.3 is 10.2 Å². The SMILES string of the molecule is CC1CC1CNCc1ccnc(N(C)C)n1. The summed E-state index contributed by atoms with van der Waals surface area (Å²) in [5, 5.41) is 3.45. The van der Waals surface area contributed by atoms with Gasteiger partial charge in [0.25, 0.3) is 0 Å². The molecular formula is C12H20N4. The van der Waals surface area contributed by atoms with Crippen molar-refractivity contribution >= 4 is 5.95 Å². The summed E-state index contributed by atoms with van der Waals surface area (Å²) in [6.07, 6.45) is 3.19. The largest absolute Gasteiger partial charge is 0.347 e. The Morgan fingerprint density at radius 1 is 1.50 bits per heavy atom. The fraction of sp³-hybridized carbons (Fsp3) is 0.667. The first-order chi connectivity index (χ1) is 7.66. The maximum absolute atomic E-state index is 4.46. The van der Waals surface area contributed by atoms with Gasteiger partial charge in [0.2, 0.25) is 5.95 Å². The average Bonchev–Trinajstić information content (AvgIpc) is 2.95. The molecule has 2 rings (SSSR count). The van der Waals surface area contributed by atoms with Crippen LogP contribution in [-0.2, 0) is 6.54 Å². The Balaban J connectivity index is 1.81. The summed E-state index contributed by atoms with van der Waals surface area (Å²) in [6.45, 7) is 4.26. The van der Waals surface area contributed by atoms with Crippen LogP contribution in [0.1, 0.15) is 19.0 Å². The van der Waals surface area contributed by atoms with Gasteiger partial charge in [0, 0.05) is 26.8 Å². The van der Waals surface area contributed by atoms with E-state index in [1.165, 1.54) is 6.42 Å². The van der Waals surface area contributed by atoms with Crippen LogP contribution in [-0.4, -0.2) is 30.6 Å². The van der Waals surface area contributed by atoms with E-state index in [2.05, 4.69) is 22.2 Å². The van der Waals surface area contributed by atoms with Gasteiger partial charge in [-0.1, -0.05) is 6.92 Å². The van der Waals surface area contributed by atoms with Gasteiger partial charge in [-0.25, -0.2) is 9.97 Å². The van der Waals surface area contributed by atoms with E-state index in [0.717, 1.165) is 36.6 Å². The van der Waals surface area contributed by atoms with Crippen molar-refractivity contribution in [2.75, 3.05) is 25.5 Å². The van der Waals surface area contributed by atoms with E-state index in [1.807, 2.05) is 31.3 Å². The lowest BCUT2D eigenvalue weighted by Crippen LogP contribution is -2.19. The number of nitrogens with zero attached hydrogens (tertiary/aromatic N) is 3. The highest BCUT2D eigenvalue weighted by atomic mass is 15.2. The van der Waals surface area contributed by atoms with Crippen molar-refractivity contribution in [3.8, 4) is 0 Å². The predicted octanol–water partition coefficient (Wildman–Crippen LogP) is 1.29. The predicted molar refractivity (Wildman–Crippen MR) is 65.3 cm³/mol. The van der Waals surface area contributed by atoms with Crippen molar-refractivity contribution in [1.29, 1.82) is 0 Å². The molecule has 1 heterocycles. The van der Waals surface area contributed by atoms with Crippen LogP contribution < -0.4 is 10.2 Å². The third kappa shape index (κ3) is 2.92. The molecular weight excluding hydrogens is 200 g/mol. The fourth-order valence-corrected chi connectivity index (χ4v) is 1.77. The fourth-order valence-electron chi connectivity index (χ4n) is 1.77. The maximum Gasteiger partial charge on any atom is 0.225 e. The van der Waals surface area contributed by atoms with Gasteiger partial charge in [0.1, 0.15) is 0 Å². The quantitative estimate of drug-likeness (QED) is 0.812. The van der Waals surface area contributed by atoms with Crippen LogP contribution >= 0.6 is 0 Å². The van der Waals surface area contributed by atoms with Gasteiger partial charge in [0.15, 0.2) is 0 Å². The van der Waals surface area contributed by atoms with Gasteiger partial charge in [-0.2, -0.15) is 0 Å². The zero-order chi connectivity index (χ0) is 11.5. The summed E-state index contributed by atoms with van der Waals surface area (Å²) in [4.78, 5) is 10.6. The number of hydrogen-bond acceptors (Lipinski definition) is 4. The molecule has 2 unspecified atom stereocenters. The zero-order valence-electron chi connectivity index (χ0n) is 10.3. The summed E-state index contributed by atoms with van der Waals surface area (Å²) in [7, 11) is 3.91. The van der Waals surface area contributed by atoms with Gasteiger partial charge in [-0.15, -0.1) is 0 Å². The first-order valence-corrected chi connectivity index (χ1v) is 5.87. The summed E-state index contributed by atoms with van der Waals surface area (Å²) in [6, 6.07) is 1.97. The second kappa shape index (κ2) is 4.78. The number of anilines is 1. The van der Waals surface area contributed by atoms with E-state index in [0.29, 0.717) is 0 Å². The molecule has 1 aromatic heterocycles. The van der Waals surface area contributed by atoms with Gasteiger partial charge >= 0.3 is 0 Å². The number of nitrogens with one attached hydrogen (secondary N) is 1. The van der Waals surface area contributed by atoms with Crippen molar-refractivity contribution in [2.45, 2.75) is 19.9 Å². The Hall–Kier alpha value is -1.16. The molecule has 4 nitrogen and oxygen atoms in total. The highest BCUT2D eigenvalue weighted by molar-refractivity contribution is 5.26. The van der Waals surface area contributed by atoms with Crippen molar-refractivity contribution in [2.24, 2.45) is 11.8 Å². The van der Waals surface area contributed by atoms with Gasteiger partial charge in [-0.3, -0.25) is 0 Å². The lowest BCUT2D eigenvalue weighted by atomic mass is 10.3. The minimum absolute atomic E-state index is 0.777. The van der Waals surface area contributed by atoms with E-state index in [4.69, 9.17) is 0 Å². The molecule has 1 fully saturated rings. The smallest absolute Gasteiger partial charge is 0.225 e. The zero-order valence-corrected chi connectivity index (χ0v) is 10.3. The van der Waals surface area contributed by atoms with Crippen LogP contribution in [0.25, 0.3) is 0 Å². The van der Waals surface area contributed by atoms with Crippen molar-refractivity contribution in [3.63, 3.8) is 0 Å². The number of hydrogen-bond donors (Lipinski definition) is 1. The second-order valence-electron chi connectivity index (χ2n) is 4.85. The Bertz CT molecular complexity index is 351. The van der Waals surface area contributed by atoms with Crippen LogP contribution in [0.2, 0.25) is 0 Å². The first kappa shape index (κ1) is 11.3. The molecule has 0 aliphatic heterocycles. The minimum Gasteiger partial charge on any atom is -0.347 e. The van der Waals surface area contributed by atoms with Gasteiger partial charge in [-0.05, 0) is 30.9 Å². The van der Waals surface area contributed by atoms with Crippen LogP contribution in [0.5, 0.6) is 0 Å². The number of aromatic nitrogens is 2. The highest BCUT2D eigenvalue weighted by Gasteiger charge is 2.31. The topological polar surface area (TPSA) is 41.1 Å². The molecule has 0 bridgehead atoms. The molecule has 2 atom stereocenters. The second-order valence-corrected chi connectivity index (χ2v) is 4.85. The molecule has 1 N–H and O–H groups in total. The summed E-state index contributed by atoms with van der Waals surface area (Å²) in [5.74, 6) is 2.57. The van der Waals surface area contributed by atoms with E-state index in [1.54, 1.807) is 0 Å². The molecule has 4 heteroatoms. The van der Waals surface area contributed by atoms with Crippen molar-refractivity contribution in [3.05, 3.63) is 18.0 Å².